The molecule has 3 heterocycles. The monoisotopic (exact) mass is 439 g/mol. The molecular formula is C20H23FNO7P. The zero-order valence-corrected chi connectivity index (χ0v) is 17.4. The minimum atomic E-state index is -3.75. The molecule has 1 aromatic rings. The molecule has 0 radical (unpaired) electrons. The Balaban J connectivity index is 1.30. The summed E-state index contributed by atoms with van der Waals surface area (Å²) in [6, 6.07) is 8.02. The highest BCUT2D eigenvalue weighted by Crippen LogP contribution is 2.56. The first kappa shape index (κ1) is 21.3. The molecule has 0 spiro atoms. The van der Waals surface area contributed by atoms with Crippen LogP contribution in [0, 0.1) is 6.92 Å². The van der Waals surface area contributed by atoms with Crippen LogP contribution < -0.4 is 0 Å². The summed E-state index contributed by atoms with van der Waals surface area (Å²) in [5.74, 6) is -2.40. The number of nitrogens with zero attached hydrogens (tertiary/aromatic N) is 1. The normalized spacial score (nSPS) is 31.6. The highest BCUT2D eigenvalue weighted by Gasteiger charge is 2.49. The fourth-order valence-electron chi connectivity index (χ4n) is 3.71. The minimum absolute atomic E-state index is 0.0244. The van der Waals surface area contributed by atoms with Crippen LogP contribution >= 0.6 is 7.82 Å². The van der Waals surface area contributed by atoms with Gasteiger partial charge in [-0.05, 0) is 30.9 Å². The molecule has 3 aliphatic heterocycles. The Morgan fingerprint density at radius 1 is 1.27 bits per heavy atom. The molecule has 162 valence electrons. The summed E-state index contributed by atoms with van der Waals surface area (Å²) in [6.45, 7) is 2.21. The Bertz CT molecular complexity index is 920. The third-order valence-corrected chi connectivity index (χ3v) is 6.86. The third-order valence-electron chi connectivity index (χ3n) is 5.37. The predicted octanol–water partition coefficient (Wildman–Crippen LogP) is 3.20. The highest BCUT2D eigenvalue weighted by atomic mass is 31.2. The van der Waals surface area contributed by atoms with Gasteiger partial charge >= 0.3 is 7.82 Å². The van der Waals surface area contributed by atoms with Gasteiger partial charge in [-0.15, -0.1) is 0 Å². The van der Waals surface area contributed by atoms with Gasteiger partial charge in [0.1, 0.15) is 18.4 Å². The van der Waals surface area contributed by atoms with Crippen molar-refractivity contribution < 1.29 is 36.9 Å². The lowest BCUT2D eigenvalue weighted by atomic mass is 10.0. The Labute approximate surface area is 173 Å². The maximum absolute atomic E-state index is 13.6. The molecule has 8 nitrogen and oxygen atoms in total. The van der Waals surface area contributed by atoms with Gasteiger partial charge in [-0.2, -0.15) is 0 Å². The van der Waals surface area contributed by atoms with Crippen molar-refractivity contribution in [1.29, 1.82) is 0 Å². The molecule has 10 heteroatoms. The number of phosphoric ester groups is 1. The number of hydrogen-bond acceptors (Lipinski definition) is 7. The molecule has 0 aliphatic carbocycles. The molecule has 0 bridgehead atoms. The number of rotatable bonds is 6. The van der Waals surface area contributed by atoms with Crippen molar-refractivity contribution in [3.05, 3.63) is 47.4 Å². The first-order chi connectivity index (χ1) is 14.3. The van der Waals surface area contributed by atoms with Gasteiger partial charge in [-0.25, -0.2) is 8.96 Å². The van der Waals surface area contributed by atoms with Crippen molar-refractivity contribution in [2.45, 2.75) is 51.0 Å². The first-order valence-corrected chi connectivity index (χ1v) is 11.3. The maximum Gasteiger partial charge on any atom is 0.475 e. The SMILES string of the molecule is Cc1ccccc1CCCOP1(=O)OC[C@H]2O[C@@H](N3C=C(F)C(=O)CC3=O)C[C@@H]2O1. The number of Topliss-reactive ketones (excluding diaryl/α,β-unsaturated/α-hetero) is 1. The zero-order valence-electron chi connectivity index (χ0n) is 16.5. The van der Waals surface area contributed by atoms with Crippen LogP contribution in [-0.4, -0.2) is 48.2 Å². The Kier molecular flexibility index (Phi) is 6.18. The number of amides is 1. The molecule has 2 saturated heterocycles. The molecule has 1 unspecified atom stereocenters. The predicted molar refractivity (Wildman–Crippen MR) is 103 cm³/mol. The fraction of sp³-hybridized carbons (Fsp3) is 0.500. The minimum Gasteiger partial charge on any atom is -0.349 e. The summed E-state index contributed by atoms with van der Waals surface area (Å²) in [7, 11) is -3.75. The van der Waals surface area contributed by atoms with Crippen LogP contribution in [0.25, 0.3) is 0 Å². The van der Waals surface area contributed by atoms with E-state index in [1.54, 1.807) is 0 Å². The summed E-state index contributed by atoms with van der Waals surface area (Å²) < 4.78 is 48.4. The summed E-state index contributed by atoms with van der Waals surface area (Å²) >= 11 is 0. The quantitative estimate of drug-likeness (QED) is 0.382. The Morgan fingerprint density at radius 2 is 2.07 bits per heavy atom. The number of benzene rings is 1. The number of halogens is 1. The van der Waals surface area contributed by atoms with Gasteiger partial charge in [0.2, 0.25) is 11.7 Å². The zero-order chi connectivity index (χ0) is 21.3. The van der Waals surface area contributed by atoms with Crippen LogP contribution in [0.3, 0.4) is 0 Å². The molecule has 2 fully saturated rings. The van der Waals surface area contributed by atoms with Gasteiger partial charge in [0, 0.05) is 12.6 Å². The van der Waals surface area contributed by atoms with Crippen LogP contribution in [0.15, 0.2) is 36.3 Å². The van der Waals surface area contributed by atoms with E-state index in [1.807, 2.05) is 31.2 Å². The second-order valence-electron chi connectivity index (χ2n) is 7.49. The van der Waals surface area contributed by atoms with E-state index in [2.05, 4.69) is 0 Å². The fourth-order valence-corrected chi connectivity index (χ4v) is 5.15. The highest BCUT2D eigenvalue weighted by molar-refractivity contribution is 7.48. The lowest BCUT2D eigenvalue weighted by Gasteiger charge is -2.30. The van der Waals surface area contributed by atoms with E-state index in [0.717, 1.165) is 17.5 Å². The van der Waals surface area contributed by atoms with Crippen molar-refractivity contribution in [3.8, 4) is 0 Å². The van der Waals surface area contributed by atoms with E-state index in [9.17, 15) is 18.5 Å². The summed E-state index contributed by atoms with van der Waals surface area (Å²) in [5.41, 5.74) is 2.38. The van der Waals surface area contributed by atoms with Gasteiger partial charge < -0.3 is 4.74 Å². The van der Waals surface area contributed by atoms with Gasteiger partial charge in [0.05, 0.1) is 19.6 Å². The number of phosphoric acid groups is 1. The van der Waals surface area contributed by atoms with Crippen molar-refractivity contribution >= 4 is 19.5 Å². The van der Waals surface area contributed by atoms with Gasteiger partial charge in [-0.1, -0.05) is 24.3 Å². The second-order valence-corrected chi connectivity index (χ2v) is 9.11. The van der Waals surface area contributed by atoms with Crippen LogP contribution in [0.5, 0.6) is 0 Å². The molecule has 0 N–H and O–H groups in total. The molecule has 30 heavy (non-hydrogen) atoms. The average molecular weight is 439 g/mol. The molecule has 1 amide bonds. The number of carbonyl (C=O) groups is 2. The number of aryl methyl sites for hydroxylation is 2. The van der Waals surface area contributed by atoms with E-state index >= 15 is 0 Å². The molecular weight excluding hydrogens is 416 g/mol. The summed E-state index contributed by atoms with van der Waals surface area (Å²) in [6.07, 6.45) is -0.0955. The van der Waals surface area contributed by atoms with Crippen molar-refractivity contribution in [1.82, 2.24) is 4.90 Å². The van der Waals surface area contributed by atoms with Crippen LogP contribution in [-0.2, 0) is 38.9 Å². The number of fused-ring (bicyclic) bond motifs is 1. The molecule has 4 atom stereocenters. The number of ketones is 1. The van der Waals surface area contributed by atoms with E-state index < -0.39 is 50.2 Å². The summed E-state index contributed by atoms with van der Waals surface area (Å²) in [4.78, 5) is 24.4. The number of ether oxygens (including phenoxy) is 1. The molecule has 3 aliphatic rings. The average Bonchev–Trinajstić information content (AvgIpc) is 3.12. The number of carbonyl (C=O) groups excluding carboxylic acids is 2. The van der Waals surface area contributed by atoms with Crippen molar-refractivity contribution in [2.75, 3.05) is 13.2 Å². The van der Waals surface area contributed by atoms with Gasteiger partial charge in [0.15, 0.2) is 5.83 Å². The number of allylic oxidation sites excluding steroid dienone is 1. The standard InChI is InChI=1S/C20H23FNO7P/c1-13-5-2-3-6-14(13)7-4-8-26-30(25)27-12-18-17(29-30)10-20(28-18)22-11-15(21)16(23)9-19(22)24/h2-3,5-6,11,17-18,20H,4,7-10,12H2,1H3/t17-,18+,20+,30?/m0/s1. The maximum atomic E-state index is 13.6. The second kappa shape index (κ2) is 8.69. The molecule has 0 aromatic heterocycles. The van der Waals surface area contributed by atoms with E-state index in [4.69, 9.17) is 18.3 Å². The van der Waals surface area contributed by atoms with Crippen LogP contribution in [0.1, 0.15) is 30.4 Å². The summed E-state index contributed by atoms with van der Waals surface area (Å²) in [5, 5.41) is 0. The van der Waals surface area contributed by atoms with E-state index in [0.29, 0.717) is 6.42 Å². The van der Waals surface area contributed by atoms with Gasteiger partial charge in [0.25, 0.3) is 0 Å². The smallest absolute Gasteiger partial charge is 0.349 e. The van der Waals surface area contributed by atoms with Crippen LogP contribution in [0.4, 0.5) is 4.39 Å². The number of hydrogen-bond donors (Lipinski definition) is 0. The topological polar surface area (TPSA) is 91.4 Å². The van der Waals surface area contributed by atoms with Crippen LogP contribution in [0.2, 0.25) is 0 Å². The lowest BCUT2D eigenvalue weighted by Crippen LogP contribution is -2.40. The van der Waals surface area contributed by atoms with Crippen molar-refractivity contribution in [3.63, 3.8) is 0 Å². The van der Waals surface area contributed by atoms with E-state index in [-0.39, 0.29) is 19.6 Å². The Hall–Kier alpha value is -1.90. The van der Waals surface area contributed by atoms with Gasteiger partial charge in [-0.3, -0.25) is 28.1 Å². The molecule has 1 aromatic carbocycles. The first-order valence-electron chi connectivity index (χ1n) is 9.84. The van der Waals surface area contributed by atoms with Crippen molar-refractivity contribution in [2.24, 2.45) is 0 Å². The largest absolute Gasteiger partial charge is 0.475 e. The molecule has 4 rings (SSSR count). The molecule has 0 saturated carbocycles. The van der Waals surface area contributed by atoms with E-state index in [1.165, 1.54) is 11.1 Å². The third kappa shape index (κ3) is 4.55. The lowest BCUT2D eigenvalue weighted by molar-refractivity contribution is -0.146. The Morgan fingerprint density at radius 3 is 2.87 bits per heavy atom.